The highest BCUT2D eigenvalue weighted by atomic mass is 16.5. The molecule has 1 spiro atoms. The van der Waals surface area contributed by atoms with Gasteiger partial charge in [0.25, 0.3) is 11.5 Å². The van der Waals surface area contributed by atoms with Crippen molar-refractivity contribution in [1.82, 2.24) is 19.9 Å². The van der Waals surface area contributed by atoms with Gasteiger partial charge in [-0.1, -0.05) is 0 Å². The smallest absolute Gasteiger partial charge is 0.255 e. The van der Waals surface area contributed by atoms with Gasteiger partial charge in [-0.3, -0.25) is 19.6 Å². The number of likely N-dealkylation sites (tertiary alicyclic amines) is 1. The number of amides is 1. The Morgan fingerprint density at radius 2 is 1.93 bits per heavy atom. The molecule has 0 radical (unpaired) electrons. The van der Waals surface area contributed by atoms with Crippen molar-refractivity contribution in [3.8, 4) is 0 Å². The molecule has 0 saturated carbocycles. The molecule has 5 rings (SSSR count). The minimum atomic E-state index is -0.101. The Morgan fingerprint density at radius 3 is 2.66 bits per heavy atom. The first-order chi connectivity index (χ1) is 14.2. The van der Waals surface area contributed by atoms with Crippen molar-refractivity contribution in [2.45, 2.75) is 31.1 Å². The molecule has 152 valence electrons. The molecule has 3 aliphatic rings. The number of anilines is 1. The fraction of sp³-hybridized carbons (Fsp3) is 0.524. The van der Waals surface area contributed by atoms with Crippen molar-refractivity contribution in [2.24, 2.45) is 0 Å². The third-order valence-corrected chi connectivity index (χ3v) is 6.59. The first-order valence-corrected chi connectivity index (χ1v) is 10.3. The minimum absolute atomic E-state index is 0.0118. The fourth-order valence-corrected chi connectivity index (χ4v) is 4.86. The van der Waals surface area contributed by atoms with E-state index in [-0.39, 0.29) is 16.9 Å². The van der Waals surface area contributed by atoms with Gasteiger partial charge in [0, 0.05) is 49.6 Å². The summed E-state index contributed by atoms with van der Waals surface area (Å²) in [6.07, 6.45) is 6.66. The average molecular weight is 395 g/mol. The maximum absolute atomic E-state index is 12.8. The third kappa shape index (κ3) is 3.21. The number of piperidine rings is 1. The van der Waals surface area contributed by atoms with Gasteiger partial charge in [0.05, 0.1) is 24.5 Å². The van der Waals surface area contributed by atoms with Crippen molar-refractivity contribution in [3.63, 3.8) is 0 Å². The first kappa shape index (κ1) is 18.3. The van der Waals surface area contributed by atoms with Crippen LogP contribution in [0.3, 0.4) is 0 Å². The number of nitrogens with one attached hydrogen (secondary N) is 1. The molecule has 1 N–H and O–H groups in total. The summed E-state index contributed by atoms with van der Waals surface area (Å²) in [5.41, 5.74) is 2.29. The number of hydrogen-bond acceptors (Lipinski definition) is 6. The van der Waals surface area contributed by atoms with Gasteiger partial charge in [0.2, 0.25) is 5.95 Å². The number of aromatic amines is 1. The van der Waals surface area contributed by atoms with Crippen molar-refractivity contribution < 1.29 is 9.53 Å². The number of fused-ring (bicyclic) bond motifs is 2. The Balaban J connectivity index is 1.38. The second-order valence-corrected chi connectivity index (χ2v) is 8.13. The lowest BCUT2D eigenvalue weighted by molar-refractivity contribution is 0.0663. The summed E-state index contributed by atoms with van der Waals surface area (Å²) in [6, 6.07) is 3.59. The van der Waals surface area contributed by atoms with Crippen molar-refractivity contribution in [3.05, 3.63) is 51.7 Å². The minimum Gasteiger partial charge on any atom is -0.378 e. The highest BCUT2D eigenvalue weighted by Crippen LogP contribution is 2.44. The first-order valence-electron chi connectivity index (χ1n) is 10.3. The predicted octanol–water partition coefficient (Wildman–Crippen LogP) is 1.12. The standard InChI is InChI=1S/C21H25N5O3/c27-18-16-3-4-21(17(16)23-20(24-18)26-10-12-29-13-11-26)5-8-25(9-6-21)19(28)15-2-1-7-22-14-15/h1-2,7,14H,3-6,8-13H2,(H,23,24,27). The van der Waals surface area contributed by atoms with E-state index in [4.69, 9.17) is 9.72 Å². The zero-order valence-electron chi connectivity index (χ0n) is 16.4. The number of pyridine rings is 1. The Bertz CT molecular complexity index is 960. The third-order valence-electron chi connectivity index (χ3n) is 6.59. The Morgan fingerprint density at radius 1 is 1.14 bits per heavy atom. The van der Waals surface area contributed by atoms with E-state index in [0.717, 1.165) is 50.0 Å². The van der Waals surface area contributed by atoms with Gasteiger partial charge in [-0.05, 0) is 37.8 Å². The number of aromatic nitrogens is 3. The number of morpholine rings is 1. The number of nitrogens with zero attached hydrogens (tertiary/aromatic N) is 4. The van der Waals surface area contributed by atoms with Gasteiger partial charge in [0.15, 0.2) is 0 Å². The van der Waals surface area contributed by atoms with E-state index in [1.165, 1.54) is 0 Å². The second-order valence-electron chi connectivity index (χ2n) is 8.13. The van der Waals surface area contributed by atoms with Crippen LogP contribution in [0.5, 0.6) is 0 Å². The van der Waals surface area contributed by atoms with E-state index in [1.807, 2.05) is 4.90 Å². The highest BCUT2D eigenvalue weighted by Gasteiger charge is 2.45. The van der Waals surface area contributed by atoms with E-state index in [1.54, 1.807) is 24.5 Å². The monoisotopic (exact) mass is 395 g/mol. The zero-order valence-corrected chi connectivity index (χ0v) is 16.4. The number of rotatable bonds is 2. The second kappa shape index (κ2) is 7.26. The molecule has 0 bridgehead atoms. The van der Waals surface area contributed by atoms with E-state index in [9.17, 15) is 9.59 Å². The quantitative estimate of drug-likeness (QED) is 0.820. The molecule has 2 fully saturated rings. The van der Waals surface area contributed by atoms with Crippen LogP contribution in [0.25, 0.3) is 0 Å². The number of H-pyrrole nitrogens is 1. The number of ether oxygens (including phenoxy) is 1. The van der Waals surface area contributed by atoms with Crippen LogP contribution in [0.2, 0.25) is 0 Å². The summed E-state index contributed by atoms with van der Waals surface area (Å²) in [4.78, 5) is 41.5. The lowest BCUT2D eigenvalue weighted by atomic mass is 9.76. The number of carbonyl (C=O) groups excluding carboxylic acids is 1. The van der Waals surface area contributed by atoms with Crippen LogP contribution in [-0.2, 0) is 16.6 Å². The van der Waals surface area contributed by atoms with Crippen LogP contribution in [0, 0.1) is 0 Å². The zero-order chi connectivity index (χ0) is 19.8. The molecule has 0 aromatic carbocycles. The van der Waals surface area contributed by atoms with Gasteiger partial charge in [0.1, 0.15) is 0 Å². The summed E-state index contributed by atoms with van der Waals surface area (Å²) in [5.74, 6) is 0.686. The molecular weight excluding hydrogens is 370 g/mol. The molecule has 1 aliphatic carbocycles. The average Bonchev–Trinajstić information content (AvgIpc) is 3.13. The molecule has 29 heavy (non-hydrogen) atoms. The maximum Gasteiger partial charge on any atom is 0.255 e. The topological polar surface area (TPSA) is 91.4 Å². The van der Waals surface area contributed by atoms with Crippen LogP contribution in [0.1, 0.15) is 40.9 Å². The van der Waals surface area contributed by atoms with Crippen LogP contribution in [0.15, 0.2) is 29.3 Å². The Labute approximate surface area is 168 Å². The summed E-state index contributed by atoms with van der Waals surface area (Å²) in [5, 5.41) is 0. The van der Waals surface area contributed by atoms with Gasteiger partial charge in [-0.2, -0.15) is 0 Å². The molecule has 2 aliphatic heterocycles. The highest BCUT2D eigenvalue weighted by molar-refractivity contribution is 5.93. The number of hydrogen-bond donors (Lipinski definition) is 1. The molecule has 0 unspecified atom stereocenters. The molecule has 1 amide bonds. The SMILES string of the molecule is O=C(c1cccnc1)N1CCC2(CCc3c2nc(N2CCOCC2)[nH]c3=O)CC1. The van der Waals surface area contributed by atoms with Crippen LogP contribution < -0.4 is 10.5 Å². The van der Waals surface area contributed by atoms with Gasteiger partial charge >= 0.3 is 0 Å². The van der Waals surface area contributed by atoms with Gasteiger partial charge in [-0.15, -0.1) is 0 Å². The van der Waals surface area contributed by atoms with E-state index >= 15 is 0 Å². The summed E-state index contributed by atoms with van der Waals surface area (Å²) >= 11 is 0. The van der Waals surface area contributed by atoms with Gasteiger partial charge in [-0.25, -0.2) is 4.98 Å². The largest absolute Gasteiger partial charge is 0.378 e. The Kier molecular flexibility index (Phi) is 4.58. The lowest BCUT2D eigenvalue weighted by Crippen LogP contribution is -2.45. The van der Waals surface area contributed by atoms with Crippen LogP contribution >= 0.6 is 0 Å². The number of carbonyl (C=O) groups is 1. The molecule has 0 atom stereocenters. The molecule has 4 heterocycles. The molecule has 2 aromatic heterocycles. The molecule has 8 nitrogen and oxygen atoms in total. The predicted molar refractivity (Wildman–Crippen MR) is 107 cm³/mol. The van der Waals surface area contributed by atoms with Gasteiger partial charge < -0.3 is 14.5 Å². The van der Waals surface area contributed by atoms with E-state index in [0.29, 0.717) is 37.8 Å². The van der Waals surface area contributed by atoms with Crippen molar-refractivity contribution in [1.29, 1.82) is 0 Å². The van der Waals surface area contributed by atoms with Crippen molar-refractivity contribution >= 4 is 11.9 Å². The molecule has 2 saturated heterocycles. The normalized spacial score (nSPS) is 20.7. The van der Waals surface area contributed by atoms with E-state index < -0.39 is 0 Å². The molecular formula is C21H25N5O3. The molecule has 2 aromatic rings. The van der Waals surface area contributed by atoms with Crippen molar-refractivity contribution in [2.75, 3.05) is 44.3 Å². The lowest BCUT2D eigenvalue weighted by Gasteiger charge is -2.39. The summed E-state index contributed by atoms with van der Waals surface area (Å²) in [6.45, 7) is 4.13. The molecule has 8 heteroatoms. The summed E-state index contributed by atoms with van der Waals surface area (Å²) < 4.78 is 5.42. The van der Waals surface area contributed by atoms with E-state index in [2.05, 4.69) is 14.9 Å². The van der Waals surface area contributed by atoms with Crippen LogP contribution in [-0.4, -0.2) is 65.2 Å². The fourth-order valence-electron chi connectivity index (χ4n) is 4.86. The maximum atomic E-state index is 12.8. The Hall–Kier alpha value is -2.74. The summed E-state index contributed by atoms with van der Waals surface area (Å²) in [7, 11) is 0. The van der Waals surface area contributed by atoms with Crippen LogP contribution in [0.4, 0.5) is 5.95 Å².